The molecular weight excluding hydrogens is 362 g/mol. The molecule has 1 aliphatic rings. The summed E-state index contributed by atoms with van der Waals surface area (Å²) in [7, 11) is 0. The maximum Gasteiger partial charge on any atom is 0.186 e. The summed E-state index contributed by atoms with van der Waals surface area (Å²) < 4.78 is 5.42. The zero-order chi connectivity index (χ0) is 20.1. The van der Waals surface area contributed by atoms with Crippen LogP contribution in [0.1, 0.15) is 34.5 Å². The fraction of sp³-hybridized carbons (Fsp3) is 0.375. The molecule has 1 atom stereocenters. The SMILES string of the molecule is CCc1cccc2c(C(=O)C(NCCN3CCOCC3)c3ccccc3)c[nH]c12. The molecule has 1 fully saturated rings. The van der Waals surface area contributed by atoms with Gasteiger partial charge >= 0.3 is 0 Å². The molecule has 1 saturated heterocycles. The Balaban J connectivity index is 1.56. The highest BCUT2D eigenvalue weighted by Gasteiger charge is 2.24. The van der Waals surface area contributed by atoms with Crippen molar-refractivity contribution in [3.63, 3.8) is 0 Å². The van der Waals surface area contributed by atoms with E-state index in [1.165, 1.54) is 5.56 Å². The number of nitrogens with zero attached hydrogens (tertiary/aromatic N) is 1. The van der Waals surface area contributed by atoms with Gasteiger partial charge < -0.3 is 15.0 Å². The molecule has 2 aromatic carbocycles. The summed E-state index contributed by atoms with van der Waals surface area (Å²) in [5.41, 5.74) is 4.06. The maximum atomic E-state index is 13.6. The van der Waals surface area contributed by atoms with E-state index in [0.29, 0.717) is 0 Å². The van der Waals surface area contributed by atoms with Gasteiger partial charge in [0.15, 0.2) is 5.78 Å². The highest BCUT2D eigenvalue weighted by Crippen LogP contribution is 2.27. The average molecular weight is 392 g/mol. The number of carbonyl (C=O) groups excluding carboxylic acids is 1. The summed E-state index contributed by atoms with van der Waals surface area (Å²) in [5.74, 6) is 0.109. The topological polar surface area (TPSA) is 57.4 Å². The summed E-state index contributed by atoms with van der Waals surface area (Å²) in [4.78, 5) is 19.3. The minimum Gasteiger partial charge on any atom is -0.379 e. The van der Waals surface area contributed by atoms with Crippen molar-refractivity contribution >= 4 is 16.7 Å². The van der Waals surface area contributed by atoms with Crippen molar-refractivity contribution in [1.29, 1.82) is 0 Å². The van der Waals surface area contributed by atoms with Gasteiger partial charge in [0.05, 0.1) is 19.3 Å². The lowest BCUT2D eigenvalue weighted by molar-refractivity contribution is 0.0380. The molecule has 2 heterocycles. The van der Waals surface area contributed by atoms with E-state index in [0.717, 1.165) is 67.8 Å². The van der Waals surface area contributed by atoms with Crippen molar-refractivity contribution in [2.24, 2.45) is 0 Å². The second-order valence-corrected chi connectivity index (χ2v) is 7.51. The van der Waals surface area contributed by atoms with Crippen LogP contribution >= 0.6 is 0 Å². The molecular formula is C24H29N3O2. The normalized spacial score (nSPS) is 16.2. The first kappa shape index (κ1) is 19.8. The van der Waals surface area contributed by atoms with Crippen LogP contribution in [0.15, 0.2) is 54.7 Å². The van der Waals surface area contributed by atoms with E-state index >= 15 is 0 Å². The molecule has 5 nitrogen and oxygen atoms in total. The maximum absolute atomic E-state index is 13.6. The van der Waals surface area contributed by atoms with Crippen molar-refractivity contribution in [3.05, 3.63) is 71.4 Å². The van der Waals surface area contributed by atoms with Gasteiger partial charge in [0.25, 0.3) is 0 Å². The van der Waals surface area contributed by atoms with E-state index in [4.69, 9.17) is 4.74 Å². The second-order valence-electron chi connectivity index (χ2n) is 7.51. The average Bonchev–Trinajstić information content (AvgIpc) is 3.22. The fourth-order valence-corrected chi connectivity index (χ4v) is 4.07. The number of ether oxygens (including phenoxy) is 1. The molecule has 0 radical (unpaired) electrons. The van der Waals surface area contributed by atoms with Crippen molar-refractivity contribution in [2.75, 3.05) is 39.4 Å². The fourth-order valence-electron chi connectivity index (χ4n) is 4.07. The van der Waals surface area contributed by atoms with Crippen molar-refractivity contribution < 1.29 is 9.53 Å². The van der Waals surface area contributed by atoms with Crippen LogP contribution in [0.5, 0.6) is 0 Å². The van der Waals surface area contributed by atoms with Gasteiger partial charge in [-0.25, -0.2) is 0 Å². The lowest BCUT2D eigenvalue weighted by atomic mass is 9.96. The predicted molar refractivity (Wildman–Crippen MR) is 116 cm³/mol. The van der Waals surface area contributed by atoms with Crippen LogP contribution in [0.25, 0.3) is 10.9 Å². The number of rotatable bonds is 8. The highest BCUT2D eigenvalue weighted by molar-refractivity contribution is 6.11. The summed E-state index contributed by atoms with van der Waals surface area (Å²) in [6, 6.07) is 15.8. The van der Waals surface area contributed by atoms with Crippen LogP contribution in [0.4, 0.5) is 0 Å². The molecule has 4 rings (SSSR count). The quantitative estimate of drug-likeness (QED) is 0.577. The zero-order valence-corrected chi connectivity index (χ0v) is 17.0. The molecule has 0 amide bonds. The number of aromatic nitrogens is 1. The number of hydrogen-bond acceptors (Lipinski definition) is 4. The van der Waals surface area contributed by atoms with E-state index in [2.05, 4.69) is 28.2 Å². The van der Waals surface area contributed by atoms with Gasteiger partial charge in [-0.05, 0) is 17.5 Å². The number of aromatic amines is 1. The van der Waals surface area contributed by atoms with E-state index < -0.39 is 0 Å². The van der Waals surface area contributed by atoms with E-state index in [9.17, 15) is 4.79 Å². The molecule has 1 aromatic heterocycles. The van der Waals surface area contributed by atoms with Crippen molar-refractivity contribution in [2.45, 2.75) is 19.4 Å². The van der Waals surface area contributed by atoms with Crippen LogP contribution in [-0.4, -0.2) is 55.1 Å². The lowest BCUT2D eigenvalue weighted by Crippen LogP contribution is -2.41. The van der Waals surface area contributed by atoms with Crippen LogP contribution in [-0.2, 0) is 11.2 Å². The lowest BCUT2D eigenvalue weighted by Gasteiger charge is -2.27. The smallest absolute Gasteiger partial charge is 0.186 e. The molecule has 5 heteroatoms. The van der Waals surface area contributed by atoms with Crippen LogP contribution in [0, 0.1) is 0 Å². The number of ketones is 1. The number of hydrogen-bond donors (Lipinski definition) is 2. The largest absolute Gasteiger partial charge is 0.379 e. The number of morpholine rings is 1. The molecule has 0 aliphatic carbocycles. The Morgan fingerprint density at radius 1 is 1.14 bits per heavy atom. The molecule has 0 saturated carbocycles. The molecule has 152 valence electrons. The number of nitrogens with one attached hydrogen (secondary N) is 2. The summed E-state index contributed by atoms with van der Waals surface area (Å²) >= 11 is 0. The molecule has 3 aromatic rings. The van der Waals surface area contributed by atoms with Crippen molar-refractivity contribution in [3.8, 4) is 0 Å². The Morgan fingerprint density at radius 2 is 1.93 bits per heavy atom. The number of fused-ring (bicyclic) bond motifs is 1. The van der Waals surface area contributed by atoms with Crippen molar-refractivity contribution in [1.82, 2.24) is 15.2 Å². The number of benzene rings is 2. The Kier molecular flexibility index (Phi) is 6.39. The zero-order valence-electron chi connectivity index (χ0n) is 17.0. The third-order valence-corrected chi connectivity index (χ3v) is 5.72. The Morgan fingerprint density at radius 3 is 2.69 bits per heavy atom. The molecule has 0 bridgehead atoms. The first-order chi connectivity index (χ1) is 14.3. The third kappa shape index (κ3) is 4.42. The molecule has 0 spiro atoms. The minimum absolute atomic E-state index is 0.109. The summed E-state index contributed by atoms with van der Waals surface area (Å²) in [6.07, 6.45) is 2.80. The van der Waals surface area contributed by atoms with Gasteiger partial charge in [0, 0.05) is 48.8 Å². The van der Waals surface area contributed by atoms with E-state index in [-0.39, 0.29) is 11.8 Å². The summed E-state index contributed by atoms with van der Waals surface area (Å²) in [6.45, 7) is 7.28. The van der Waals surface area contributed by atoms with E-state index in [1.807, 2.05) is 48.7 Å². The number of H-pyrrole nitrogens is 1. The van der Waals surface area contributed by atoms with Gasteiger partial charge in [0.1, 0.15) is 0 Å². The Labute approximate surface area is 172 Å². The second kappa shape index (κ2) is 9.35. The molecule has 2 N–H and O–H groups in total. The third-order valence-electron chi connectivity index (χ3n) is 5.72. The van der Waals surface area contributed by atoms with Gasteiger partial charge in [-0.3, -0.25) is 9.69 Å². The Hall–Kier alpha value is -2.47. The highest BCUT2D eigenvalue weighted by atomic mass is 16.5. The number of carbonyl (C=O) groups is 1. The van der Waals surface area contributed by atoms with Gasteiger partial charge in [-0.1, -0.05) is 55.5 Å². The number of Topliss-reactive ketones (excluding diaryl/α,β-unsaturated/α-hetero) is 1. The first-order valence-corrected chi connectivity index (χ1v) is 10.5. The van der Waals surface area contributed by atoms with Gasteiger partial charge in [0.2, 0.25) is 0 Å². The number of para-hydroxylation sites is 1. The predicted octanol–water partition coefficient (Wildman–Crippen LogP) is 3.58. The van der Waals surface area contributed by atoms with Gasteiger partial charge in [-0.15, -0.1) is 0 Å². The minimum atomic E-state index is -0.360. The Bertz CT molecular complexity index is 945. The summed E-state index contributed by atoms with van der Waals surface area (Å²) in [5, 5.41) is 4.52. The van der Waals surface area contributed by atoms with Gasteiger partial charge in [-0.2, -0.15) is 0 Å². The molecule has 1 unspecified atom stereocenters. The number of aryl methyl sites for hydroxylation is 1. The monoisotopic (exact) mass is 391 g/mol. The standard InChI is InChI=1S/C24H29N3O2/c1-2-18-9-6-10-20-21(17-26-22(18)20)24(28)23(19-7-4-3-5-8-19)25-11-12-27-13-15-29-16-14-27/h3-10,17,23,25-26H,2,11-16H2,1H3. The van der Waals surface area contributed by atoms with Crippen LogP contribution in [0.3, 0.4) is 0 Å². The first-order valence-electron chi connectivity index (χ1n) is 10.5. The van der Waals surface area contributed by atoms with Crippen LogP contribution < -0.4 is 5.32 Å². The van der Waals surface area contributed by atoms with E-state index in [1.54, 1.807) is 0 Å². The molecule has 29 heavy (non-hydrogen) atoms. The van der Waals surface area contributed by atoms with Crippen LogP contribution in [0.2, 0.25) is 0 Å². The molecule has 1 aliphatic heterocycles.